The highest BCUT2D eigenvalue weighted by molar-refractivity contribution is 14.1. The van der Waals surface area contributed by atoms with Crippen LogP contribution in [-0.2, 0) is 0 Å². The minimum Gasteiger partial charge on any atom is -0.324 e. The van der Waals surface area contributed by atoms with Gasteiger partial charge in [0.15, 0.2) is 0 Å². The molecule has 0 saturated heterocycles. The van der Waals surface area contributed by atoms with Gasteiger partial charge in [0.05, 0.1) is 0 Å². The Kier molecular flexibility index (Phi) is 4.69. The van der Waals surface area contributed by atoms with Gasteiger partial charge in [-0.2, -0.15) is 0 Å². The van der Waals surface area contributed by atoms with Crippen LogP contribution in [0.3, 0.4) is 0 Å². The van der Waals surface area contributed by atoms with Gasteiger partial charge in [-0.05, 0) is 52.8 Å². The average molecular weight is 354 g/mol. The predicted molar refractivity (Wildman–Crippen MR) is 68.7 cm³/mol. The van der Waals surface area contributed by atoms with Crippen molar-refractivity contribution in [3.63, 3.8) is 0 Å². The zero-order chi connectivity index (χ0) is 9.84. The van der Waals surface area contributed by atoms with Crippen molar-refractivity contribution in [3.8, 4) is 0 Å². The number of nitrogens with two attached hydrogens (primary N) is 1. The van der Waals surface area contributed by atoms with Crippen molar-refractivity contribution in [2.75, 3.05) is 0 Å². The molecule has 0 fully saturated rings. The summed E-state index contributed by atoms with van der Waals surface area (Å²) in [6, 6.07) is 6.44. The highest BCUT2D eigenvalue weighted by Crippen LogP contribution is 2.26. The van der Waals surface area contributed by atoms with Crippen molar-refractivity contribution >= 4 is 38.5 Å². The molecule has 0 amide bonds. The van der Waals surface area contributed by atoms with Gasteiger partial charge in [-0.25, -0.2) is 0 Å². The Morgan fingerprint density at radius 3 is 2.85 bits per heavy atom. The van der Waals surface area contributed by atoms with Crippen LogP contribution in [-0.4, -0.2) is 0 Å². The first-order valence-corrected chi connectivity index (χ1v) is 6.23. The van der Waals surface area contributed by atoms with Crippen LogP contribution in [0, 0.1) is 3.57 Å². The van der Waals surface area contributed by atoms with Gasteiger partial charge in [-0.15, -0.1) is 0 Å². The molecule has 0 spiro atoms. The monoisotopic (exact) mass is 353 g/mol. The first-order chi connectivity index (χ1) is 6.15. The molecule has 0 heterocycles. The first-order valence-electron chi connectivity index (χ1n) is 4.35. The molecule has 0 saturated carbocycles. The summed E-state index contributed by atoms with van der Waals surface area (Å²) in [4.78, 5) is 0. The fourth-order valence-electron chi connectivity index (χ4n) is 1.27. The SMILES string of the molecule is CCC[C@@H](N)c1cc(I)ccc1Br. The average Bonchev–Trinajstić information content (AvgIpc) is 2.09. The highest BCUT2D eigenvalue weighted by atomic mass is 127. The molecule has 3 heteroatoms. The van der Waals surface area contributed by atoms with Gasteiger partial charge in [0, 0.05) is 14.1 Å². The number of hydrogen-bond acceptors (Lipinski definition) is 1. The largest absolute Gasteiger partial charge is 0.324 e. The van der Waals surface area contributed by atoms with Crippen LogP contribution >= 0.6 is 38.5 Å². The van der Waals surface area contributed by atoms with E-state index in [1.165, 1.54) is 9.13 Å². The van der Waals surface area contributed by atoms with E-state index in [4.69, 9.17) is 5.73 Å². The lowest BCUT2D eigenvalue weighted by molar-refractivity contribution is 0.636. The predicted octanol–water partition coefficient (Wildman–Crippen LogP) is 3.85. The Balaban J connectivity index is 2.91. The summed E-state index contributed by atoms with van der Waals surface area (Å²) in [5.41, 5.74) is 7.26. The van der Waals surface area contributed by atoms with Crippen LogP contribution in [0.4, 0.5) is 0 Å². The van der Waals surface area contributed by atoms with Crippen molar-refractivity contribution in [3.05, 3.63) is 31.8 Å². The molecule has 1 rings (SSSR count). The van der Waals surface area contributed by atoms with Crippen LogP contribution in [0.5, 0.6) is 0 Å². The van der Waals surface area contributed by atoms with Crippen LogP contribution in [0.15, 0.2) is 22.7 Å². The van der Waals surface area contributed by atoms with E-state index in [9.17, 15) is 0 Å². The molecule has 13 heavy (non-hydrogen) atoms. The normalized spacial score (nSPS) is 12.9. The number of rotatable bonds is 3. The van der Waals surface area contributed by atoms with E-state index in [-0.39, 0.29) is 6.04 Å². The second kappa shape index (κ2) is 5.32. The summed E-state index contributed by atoms with van der Waals surface area (Å²) >= 11 is 5.83. The fourth-order valence-corrected chi connectivity index (χ4v) is 2.32. The summed E-state index contributed by atoms with van der Waals surface area (Å²) in [5.74, 6) is 0. The molecule has 0 aromatic heterocycles. The minimum absolute atomic E-state index is 0.161. The van der Waals surface area contributed by atoms with Gasteiger partial charge in [0.1, 0.15) is 0 Å². The molecule has 0 aliphatic heterocycles. The van der Waals surface area contributed by atoms with Crippen molar-refractivity contribution in [2.24, 2.45) is 5.73 Å². The third-order valence-electron chi connectivity index (χ3n) is 1.96. The zero-order valence-corrected chi connectivity index (χ0v) is 11.3. The van der Waals surface area contributed by atoms with E-state index in [2.05, 4.69) is 63.6 Å². The summed E-state index contributed by atoms with van der Waals surface area (Å²) < 4.78 is 2.36. The zero-order valence-electron chi connectivity index (χ0n) is 7.56. The molecule has 1 aromatic rings. The Labute approximate surface area is 101 Å². The van der Waals surface area contributed by atoms with Crippen LogP contribution in [0.25, 0.3) is 0 Å². The lowest BCUT2D eigenvalue weighted by Gasteiger charge is -2.12. The Morgan fingerprint density at radius 2 is 2.23 bits per heavy atom. The molecular formula is C10H13BrIN. The minimum atomic E-state index is 0.161. The van der Waals surface area contributed by atoms with Gasteiger partial charge in [0.2, 0.25) is 0 Å². The summed E-state index contributed by atoms with van der Waals surface area (Å²) in [6.45, 7) is 2.15. The van der Waals surface area contributed by atoms with Gasteiger partial charge in [-0.3, -0.25) is 0 Å². The Hall–Kier alpha value is 0.390. The lowest BCUT2D eigenvalue weighted by atomic mass is 10.0. The quantitative estimate of drug-likeness (QED) is 0.820. The van der Waals surface area contributed by atoms with E-state index in [1.807, 2.05) is 0 Å². The maximum Gasteiger partial charge on any atom is 0.0306 e. The highest BCUT2D eigenvalue weighted by Gasteiger charge is 2.08. The molecule has 1 atom stereocenters. The maximum atomic E-state index is 6.04. The van der Waals surface area contributed by atoms with Gasteiger partial charge < -0.3 is 5.73 Å². The molecule has 0 bridgehead atoms. The molecule has 0 radical (unpaired) electrons. The van der Waals surface area contributed by atoms with Crippen molar-refractivity contribution in [1.82, 2.24) is 0 Å². The molecule has 1 aromatic carbocycles. The second-order valence-corrected chi connectivity index (χ2v) is 5.16. The Bertz CT molecular complexity index is 288. The van der Waals surface area contributed by atoms with E-state index in [0.717, 1.165) is 17.3 Å². The van der Waals surface area contributed by atoms with E-state index in [1.54, 1.807) is 0 Å². The summed E-state index contributed by atoms with van der Waals surface area (Å²) in [7, 11) is 0. The van der Waals surface area contributed by atoms with Crippen LogP contribution in [0.1, 0.15) is 31.4 Å². The van der Waals surface area contributed by atoms with E-state index < -0.39 is 0 Å². The van der Waals surface area contributed by atoms with Crippen molar-refractivity contribution in [2.45, 2.75) is 25.8 Å². The molecule has 0 aliphatic rings. The Morgan fingerprint density at radius 1 is 1.54 bits per heavy atom. The van der Waals surface area contributed by atoms with Gasteiger partial charge in [0.25, 0.3) is 0 Å². The summed E-state index contributed by atoms with van der Waals surface area (Å²) in [5, 5.41) is 0. The molecule has 2 N–H and O–H groups in total. The van der Waals surface area contributed by atoms with Crippen LogP contribution in [0.2, 0.25) is 0 Å². The molecule has 72 valence electrons. The van der Waals surface area contributed by atoms with E-state index >= 15 is 0 Å². The third-order valence-corrected chi connectivity index (χ3v) is 3.35. The summed E-state index contributed by atoms with van der Waals surface area (Å²) in [6.07, 6.45) is 2.16. The number of benzene rings is 1. The van der Waals surface area contributed by atoms with Crippen molar-refractivity contribution < 1.29 is 0 Å². The van der Waals surface area contributed by atoms with Gasteiger partial charge >= 0.3 is 0 Å². The molecule has 1 nitrogen and oxygen atoms in total. The molecule has 0 unspecified atom stereocenters. The second-order valence-electron chi connectivity index (χ2n) is 3.06. The number of hydrogen-bond donors (Lipinski definition) is 1. The first kappa shape index (κ1) is 11.5. The van der Waals surface area contributed by atoms with Gasteiger partial charge in [-0.1, -0.05) is 29.3 Å². The fraction of sp³-hybridized carbons (Fsp3) is 0.400. The van der Waals surface area contributed by atoms with Crippen LogP contribution < -0.4 is 5.73 Å². The van der Waals surface area contributed by atoms with Crippen molar-refractivity contribution in [1.29, 1.82) is 0 Å². The maximum absolute atomic E-state index is 6.04. The third kappa shape index (κ3) is 3.22. The molecular weight excluding hydrogens is 341 g/mol. The smallest absolute Gasteiger partial charge is 0.0306 e. The topological polar surface area (TPSA) is 26.0 Å². The van der Waals surface area contributed by atoms with E-state index in [0.29, 0.717) is 0 Å². The number of halogens is 2. The molecule has 0 aliphatic carbocycles. The standard InChI is InChI=1S/C10H13BrIN/c1-2-3-10(13)8-6-7(12)4-5-9(8)11/h4-6,10H,2-3,13H2,1H3/t10-/m1/s1. The lowest BCUT2D eigenvalue weighted by Crippen LogP contribution is -2.10.